The van der Waals surface area contributed by atoms with Gasteiger partial charge in [-0.2, -0.15) is 0 Å². The highest BCUT2D eigenvalue weighted by molar-refractivity contribution is 7.90. The first-order valence-electron chi connectivity index (χ1n) is 3.27. The van der Waals surface area contributed by atoms with Crippen molar-refractivity contribution in [3.05, 3.63) is 23.0 Å². The summed E-state index contributed by atoms with van der Waals surface area (Å²) in [5, 5.41) is -0.158. The number of hydrogen-bond donors (Lipinski definition) is 1. The van der Waals surface area contributed by atoms with E-state index in [2.05, 4.69) is 0 Å². The van der Waals surface area contributed by atoms with E-state index in [4.69, 9.17) is 17.3 Å². The highest BCUT2D eigenvalue weighted by Crippen LogP contribution is 2.27. The number of benzene rings is 1. The Morgan fingerprint density at radius 2 is 2.00 bits per heavy atom. The van der Waals surface area contributed by atoms with Gasteiger partial charge in [0.1, 0.15) is 4.90 Å². The van der Waals surface area contributed by atoms with Crippen molar-refractivity contribution in [3.8, 4) is 0 Å². The van der Waals surface area contributed by atoms with Crippen molar-refractivity contribution < 1.29 is 12.8 Å². The summed E-state index contributed by atoms with van der Waals surface area (Å²) in [7, 11) is -3.67. The molecule has 6 heteroatoms. The van der Waals surface area contributed by atoms with Crippen molar-refractivity contribution in [2.24, 2.45) is 0 Å². The molecule has 0 saturated heterocycles. The Hall–Kier alpha value is -0.810. The quantitative estimate of drug-likeness (QED) is 0.734. The van der Waals surface area contributed by atoms with Crippen LogP contribution in [0.15, 0.2) is 17.0 Å². The third kappa shape index (κ3) is 1.92. The van der Waals surface area contributed by atoms with E-state index in [-0.39, 0.29) is 10.7 Å². The van der Waals surface area contributed by atoms with E-state index >= 15 is 0 Å². The number of rotatable bonds is 1. The summed E-state index contributed by atoms with van der Waals surface area (Å²) in [6.45, 7) is 0. The largest absolute Gasteiger partial charge is 0.396 e. The second-order valence-electron chi connectivity index (χ2n) is 2.55. The molecule has 0 aliphatic heterocycles. The number of nitrogens with two attached hydrogens (primary N) is 1. The molecule has 0 radical (unpaired) electrons. The summed E-state index contributed by atoms with van der Waals surface area (Å²) in [4.78, 5) is -0.547. The lowest BCUT2D eigenvalue weighted by Gasteiger charge is -2.04. The first-order valence-corrected chi connectivity index (χ1v) is 5.54. The molecule has 0 atom stereocenters. The van der Waals surface area contributed by atoms with Crippen LogP contribution in [0, 0.1) is 5.82 Å². The molecule has 0 spiro atoms. The zero-order valence-corrected chi connectivity index (χ0v) is 8.29. The summed E-state index contributed by atoms with van der Waals surface area (Å²) in [6, 6.07) is 2.46. The fraction of sp³-hybridized carbons (Fsp3) is 0.143. The van der Waals surface area contributed by atoms with Crippen molar-refractivity contribution in [1.82, 2.24) is 0 Å². The van der Waals surface area contributed by atoms with Crippen LogP contribution in [0.4, 0.5) is 10.1 Å². The summed E-state index contributed by atoms with van der Waals surface area (Å²) in [5.74, 6) is -0.991. The van der Waals surface area contributed by atoms with Crippen LogP contribution in [0.2, 0.25) is 5.02 Å². The minimum Gasteiger partial charge on any atom is -0.396 e. The first-order chi connectivity index (χ1) is 5.84. The van der Waals surface area contributed by atoms with Gasteiger partial charge in [0.2, 0.25) is 0 Å². The van der Waals surface area contributed by atoms with Gasteiger partial charge in [0, 0.05) is 6.26 Å². The van der Waals surface area contributed by atoms with Gasteiger partial charge in [-0.15, -0.1) is 0 Å². The fourth-order valence-corrected chi connectivity index (χ4v) is 2.32. The summed E-state index contributed by atoms with van der Waals surface area (Å²) >= 11 is 5.51. The zero-order valence-electron chi connectivity index (χ0n) is 6.71. The van der Waals surface area contributed by atoms with Crippen molar-refractivity contribution in [2.75, 3.05) is 12.0 Å². The molecule has 0 fully saturated rings. The molecule has 0 amide bonds. The molecule has 0 aliphatic carbocycles. The lowest BCUT2D eigenvalue weighted by molar-refractivity contribution is 0.573. The van der Waals surface area contributed by atoms with Crippen LogP contribution in [0.25, 0.3) is 0 Å². The number of sulfone groups is 1. The average Bonchev–Trinajstić information content (AvgIpc) is 1.95. The van der Waals surface area contributed by atoms with Crippen LogP contribution in [0.5, 0.6) is 0 Å². The van der Waals surface area contributed by atoms with Gasteiger partial charge in [-0.05, 0) is 12.1 Å². The number of hydrogen-bond acceptors (Lipinski definition) is 3. The van der Waals surface area contributed by atoms with Gasteiger partial charge in [-0.25, -0.2) is 12.8 Å². The predicted octanol–water partition coefficient (Wildman–Crippen LogP) is 1.46. The second kappa shape index (κ2) is 3.16. The molecular weight excluding hydrogens is 217 g/mol. The van der Waals surface area contributed by atoms with Crippen LogP contribution in [-0.4, -0.2) is 14.7 Å². The Bertz CT molecular complexity index is 444. The van der Waals surface area contributed by atoms with Crippen LogP contribution in [0.3, 0.4) is 0 Å². The minimum atomic E-state index is -3.67. The van der Waals surface area contributed by atoms with Crippen molar-refractivity contribution in [1.29, 1.82) is 0 Å². The maximum Gasteiger partial charge on any atom is 0.179 e. The summed E-state index contributed by atoms with van der Waals surface area (Å²) < 4.78 is 35.3. The Morgan fingerprint density at radius 3 is 2.38 bits per heavy atom. The normalized spacial score (nSPS) is 11.6. The van der Waals surface area contributed by atoms with E-state index in [9.17, 15) is 12.8 Å². The molecule has 0 unspecified atom stereocenters. The average molecular weight is 224 g/mol. The lowest BCUT2D eigenvalue weighted by Crippen LogP contribution is -2.04. The van der Waals surface area contributed by atoms with Crippen LogP contribution < -0.4 is 5.73 Å². The third-order valence-electron chi connectivity index (χ3n) is 1.45. The van der Waals surface area contributed by atoms with Gasteiger partial charge in [0.25, 0.3) is 0 Å². The highest BCUT2D eigenvalue weighted by Gasteiger charge is 2.19. The molecule has 72 valence electrons. The van der Waals surface area contributed by atoms with E-state index in [1.54, 1.807) is 0 Å². The van der Waals surface area contributed by atoms with Crippen LogP contribution in [0.1, 0.15) is 0 Å². The lowest BCUT2D eigenvalue weighted by atomic mass is 10.3. The molecule has 0 saturated carbocycles. The fourth-order valence-electron chi connectivity index (χ4n) is 0.888. The molecule has 0 aliphatic rings. The SMILES string of the molecule is CS(=O)(=O)c1c(Cl)ccc(N)c1F. The molecular formula is C7H7ClFNO2S. The van der Waals surface area contributed by atoms with E-state index in [1.807, 2.05) is 0 Å². The minimum absolute atomic E-state index is 0.158. The van der Waals surface area contributed by atoms with E-state index in [0.29, 0.717) is 0 Å². The van der Waals surface area contributed by atoms with E-state index in [1.165, 1.54) is 12.1 Å². The maximum absolute atomic E-state index is 13.2. The molecule has 1 rings (SSSR count). The third-order valence-corrected chi connectivity index (χ3v) is 3.02. The summed E-state index contributed by atoms with van der Waals surface area (Å²) in [6.07, 6.45) is 0.872. The number of nitrogen functional groups attached to an aromatic ring is 1. The molecule has 0 aromatic heterocycles. The van der Waals surface area contributed by atoms with Crippen LogP contribution >= 0.6 is 11.6 Å². The van der Waals surface area contributed by atoms with Crippen molar-refractivity contribution in [3.63, 3.8) is 0 Å². The van der Waals surface area contributed by atoms with Crippen molar-refractivity contribution in [2.45, 2.75) is 4.90 Å². The second-order valence-corrected chi connectivity index (χ2v) is 4.91. The summed E-state index contributed by atoms with van der Waals surface area (Å²) in [5.41, 5.74) is 4.96. The van der Waals surface area contributed by atoms with E-state index in [0.717, 1.165) is 6.26 Å². The van der Waals surface area contributed by atoms with Gasteiger partial charge < -0.3 is 5.73 Å². The monoisotopic (exact) mass is 223 g/mol. The van der Waals surface area contributed by atoms with E-state index < -0.39 is 20.5 Å². The Labute approximate surface area is 80.2 Å². The van der Waals surface area contributed by atoms with Gasteiger partial charge in [0.15, 0.2) is 15.7 Å². The topological polar surface area (TPSA) is 60.2 Å². The number of halogens is 2. The molecule has 0 heterocycles. The van der Waals surface area contributed by atoms with Gasteiger partial charge in [-0.3, -0.25) is 0 Å². The first kappa shape index (κ1) is 10.3. The Morgan fingerprint density at radius 1 is 1.46 bits per heavy atom. The van der Waals surface area contributed by atoms with Crippen molar-refractivity contribution >= 4 is 27.1 Å². The Kier molecular flexibility index (Phi) is 2.49. The number of anilines is 1. The molecule has 3 nitrogen and oxygen atoms in total. The molecule has 2 N–H and O–H groups in total. The zero-order chi connectivity index (χ0) is 10.2. The molecule has 1 aromatic carbocycles. The van der Waals surface area contributed by atoms with Crippen LogP contribution in [-0.2, 0) is 9.84 Å². The molecule has 1 aromatic rings. The molecule has 0 bridgehead atoms. The van der Waals surface area contributed by atoms with Gasteiger partial charge in [0.05, 0.1) is 10.7 Å². The smallest absolute Gasteiger partial charge is 0.179 e. The van der Waals surface area contributed by atoms with Gasteiger partial charge in [-0.1, -0.05) is 11.6 Å². The maximum atomic E-state index is 13.2. The standard InChI is InChI=1S/C7H7ClFNO2S/c1-13(11,12)7-4(8)2-3-5(10)6(7)9/h2-3H,10H2,1H3. The predicted molar refractivity (Wildman–Crippen MR) is 48.9 cm³/mol. The molecule has 13 heavy (non-hydrogen) atoms. The van der Waals surface area contributed by atoms with Gasteiger partial charge >= 0.3 is 0 Å². The Balaban J connectivity index is 3.62. The highest BCUT2D eigenvalue weighted by atomic mass is 35.5.